The van der Waals surface area contributed by atoms with Crippen LogP contribution in [0.15, 0.2) is 59.3 Å². The lowest BCUT2D eigenvalue weighted by Gasteiger charge is -2.25. The third-order valence-electron chi connectivity index (χ3n) is 4.07. The van der Waals surface area contributed by atoms with Gasteiger partial charge in [0.15, 0.2) is 0 Å². The summed E-state index contributed by atoms with van der Waals surface area (Å²) in [5, 5.41) is 7.68. The molecule has 0 saturated heterocycles. The second kappa shape index (κ2) is 7.28. The summed E-state index contributed by atoms with van der Waals surface area (Å²) in [6.07, 6.45) is 3.32. The molecule has 0 amide bonds. The number of rotatable bonds is 4. The van der Waals surface area contributed by atoms with Crippen molar-refractivity contribution in [2.45, 2.75) is 12.7 Å². The third kappa shape index (κ3) is 3.68. The Morgan fingerprint density at radius 2 is 1.96 bits per heavy atom. The van der Waals surface area contributed by atoms with Gasteiger partial charge >= 0.3 is 6.61 Å². The molecule has 0 fully saturated rings. The van der Waals surface area contributed by atoms with Crippen molar-refractivity contribution in [1.29, 1.82) is 0 Å². The van der Waals surface area contributed by atoms with Crippen LogP contribution in [0.4, 0.5) is 14.7 Å². The van der Waals surface area contributed by atoms with Gasteiger partial charge in [-0.1, -0.05) is 39.7 Å². The number of nitrogens with zero attached hydrogens (tertiary/aromatic N) is 3. The molecule has 1 aliphatic heterocycles. The first-order valence-corrected chi connectivity index (χ1v) is 9.07. The highest BCUT2D eigenvalue weighted by Crippen LogP contribution is 2.37. The number of benzene rings is 2. The summed E-state index contributed by atoms with van der Waals surface area (Å²) in [5.74, 6) is 0.483. The van der Waals surface area contributed by atoms with Crippen molar-refractivity contribution in [2.24, 2.45) is 0 Å². The molecule has 0 radical (unpaired) electrons. The van der Waals surface area contributed by atoms with Crippen LogP contribution in [0, 0.1) is 0 Å². The molecule has 138 valence electrons. The highest BCUT2D eigenvalue weighted by molar-refractivity contribution is 9.10. The van der Waals surface area contributed by atoms with E-state index in [-0.39, 0.29) is 11.8 Å². The van der Waals surface area contributed by atoms with E-state index in [0.29, 0.717) is 22.2 Å². The normalized spacial score (nSPS) is 15.9. The fourth-order valence-corrected chi connectivity index (χ4v) is 3.33. The Kier molecular flexibility index (Phi) is 4.84. The van der Waals surface area contributed by atoms with Crippen LogP contribution < -0.4 is 10.1 Å². The molecule has 2 aromatic carbocycles. The van der Waals surface area contributed by atoms with Gasteiger partial charge < -0.3 is 10.1 Å². The van der Waals surface area contributed by atoms with Crippen LogP contribution in [0.2, 0.25) is 5.02 Å². The molecule has 0 unspecified atom stereocenters. The molecule has 2 heterocycles. The fraction of sp³-hybridized carbons (Fsp3) is 0.111. The minimum absolute atomic E-state index is 0.0150. The van der Waals surface area contributed by atoms with Gasteiger partial charge in [0.1, 0.15) is 18.1 Å². The van der Waals surface area contributed by atoms with E-state index in [2.05, 4.69) is 36.1 Å². The maximum atomic E-state index is 12.8. The molecule has 1 aromatic heterocycles. The fourth-order valence-electron chi connectivity index (χ4n) is 2.90. The standard InChI is InChI=1S/C18H12BrClF2N4O/c19-11-3-1-10(2-4-11)15-8-14(25-18-23-9-24-26(15)18)13-6-5-12(20)7-16(13)27-17(21)22/h1-9,15,17H,(H,23,24,25)/t15-/m1/s1. The lowest BCUT2D eigenvalue weighted by molar-refractivity contribution is -0.0500. The van der Waals surface area contributed by atoms with Gasteiger partial charge in [0, 0.05) is 15.1 Å². The lowest BCUT2D eigenvalue weighted by atomic mass is 10.0. The van der Waals surface area contributed by atoms with E-state index < -0.39 is 6.61 Å². The largest absolute Gasteiger partial charge is 0.434 e. The molecule has 3 aromatic rings. The van der Waals surface area contributed by atoms with Gasteiger partial charge in [-0.3, -0.25) is 0 Å². The molecular weight excluding hydrogens is 442 g/mol. The monoisotopic (exact) mass is 452 g/mol. The third-order valence-corrected chi connectivity index (χ3v) is 4.83. The maximum absolute atomic E-state index is 12.8. The number of hydrogen-bond donors (Lipinski definition) is 1. The Balaban J connectivity index is 1.81. The number of fused-ring (bicyclic) bond motifs is 1. The van der Waals surface area contributed by atoms with Crippen molar-refractivity contribution < 1.29 is 13.5 Å². The Morgan fingerprint density at radius 1 is 1.19 bits per heavy atom. The summed E-state index contributed by atoms with van der Waals surface area (Å²) < 4.78 is 33.0. The number of alkyl halides is 2. The van der Waals surface area contributed by atoms with Gasteiger partial charge in [0.25, 0.3) is 0 Å². The highest BCUT2D eigenvalue weighted by Gasteiger charge is 2.25. The van der Waals surface area contributed by atoms with Gasteiger partial charge in [0.05, 0.1) is 5.70 Å². The molecule has 0 spiro atoms. The molecule has 9 heteroatoms. The molecule has 1 atom stereocenters. The van der Waals surface area contributed by atoms with E-state index in [4.69, 9.17) is 11.6 Å². The maximum Gasteiger partial charge on any atom is 0.387 e. The average molecular weight is 454 g/mol. The van der Waals surface area contributed by atoms with Crippen LogP contribution in [-0.2, 0) is 0 Å². The average Bonchev–Trinajstić information content (AvgIpc) is 3.10. The first kappa shape index (κ1) is 17.9. The topological polar surface area (TPSA) is 52.0 Å². The van der Waals surface area contributed by atoms with Crippen molar-refractivity contribution in [3.05, 3.63) is 75.5 Å². The Hall–Kier alpha value is -2.45. The van der Waals surface area contributed by atoms with Crippen molar-refractivity contribution in [1.82, 2.24) is 14.8 Å². The summed E-state index contributed by atoms with van der Waals surface area (Å²) in [5.41, 5.74) is 2.00. The lowest BCUT2D eigenvalue weighted by Crippen LogP contribution is -2.20. The number of ether oxygens (including phenoxy) is 1. The smallest absolute Gasteiger partial charge is 0.387 e. The molecule has 0 saturated carbocycles. The zero-order chi connectivity index (χ0) is 19.0. The second-order valence-electron chi connectivity index (χ2n) is 5.75. The van der Waals surface area contributed by atoms with Gasteiger partial charge in [-0.05, 0) is 42.0 Å². The van der Waals surface area contributed by atoms with Crippen LogP contribution >= 0.6 is 27.5 Å². The first-order chi connectivity index (χ1) is 13.0. The molecule has 0 aliphatic carbocycles. The van der Waals surface area contributed by atoms with E-state index in [1.54, 1.807) is 16.8 Å². The predicted molar refractivity (Wildman–Crippen MR) is 102 cm³/mol. The molecule has 27 heavy (non-hydrogen) atoms. The second-order valence-corrected chi connectivity index (χ2v) is 7.10. The summed E-state index contributed by atoms with van der Waals surface area (Å²) in [6, 6.07) is 12.1. The molecule has 1 N–H and O–H groups in total. The molecule has 1 aliphatic rings. The number of aromatic nitrogens is 3. The number of allylic oxidation sites excluding steroid dienone is 1. The first-order valence-electron chi connectivity index (χ1n) is 7.90. The minimum Gasteiger partial charge on any atom is -0.434 e. The summed E-state index contributed by atoms with van der Waals surface area (Å²) in [7, 11) is 0. The van der Waals surface area contributed by atoms with E-state index in [1.165, 1.54) is 12.4 Å². The van der Waals surface area contributed by atoms with E-state index in [9.17, 15) is 8.78 Å². The zero-order valence-corrected chi connectivity index (χ0v) is 16.0. The van der Waals surface area contributed by atoms with E-state index >= 15 is 0 Å². The number of nitrogens with one attached hydrogen (secondary N) is 1. The van der Waals surface area contributed by atoms with Crippen molar-refractivity contribution in [3.63, 3.8) is 0 Å². The quantitative estimate of drug-likeness (QED) is 0.578. The zero-order valence-electron chi connectivity index (χ0n) is 13.6. The van der Waals surface area contributed by atoms with Crippen LogP contribution in [0.5, 0.6) is 5.75 Å². The Labute approximate surface area is 166 Å². The number of anilines is 1. The SMILES string of the molecule is FC(F)Oc1cc(Cl)ccc1C1=C[C@H](c2ccc(Br)cc2)n2ncnc2N1. The van der Waals surface area contributed by atoms with Gasteiger partial charge in [-0.2, -0.15) is 18.9 Å². The molecular formula is C18H12BrClF2N4O. The van der Waals surface area contributed by atoms with Crippen LogP contribution in [-0.4, -0.2) is 21.4 Å². The number of hydrogen-bond acceptors (Lipinski definition) is 4. The van der Waals surface area contributed by atoms with Crippen molar-refractivity contribution in [3.8, 4) is 5.75 Å². The molecule has 4 rings (SSSR count). The van der Waals surface area contributed by atoms with E-state index in [1.807, 2.05) is 30.3 Å². The van der Waals surface area contributed by atoms with Crippen LogP contribution in [0.1, 0.15) is 17.2 Å². The molecule has 0 bridgehead atoms. The summed E-state index contributed by atoms with van der Waals surface area (Å²) >= 11 is 9.37. The highest BCUT2D eigenvalue weighted by atomic mass is 79.9. The van der Waals surface area contributed by atoms with E-state index in [0.717, 1.165) is 10.0 Å². The predicted octanol–water partition coefficient (Wildman–Crippen LogP) is 5.35. The van der Waals surface area contributed by atoms with Crippen LogP contribution in [0.3, 0.4) is 0 Å². The van der Waals surface area contributed by atoms with Crippen molar-refractivity contribution in [2.75, 3.05) is 5.32 Å². The van der Waals surface area contributed by atoms with Crippen molar-refractivity contribution >= 4 is 39.2 Å². The summed E-state index contributed by atoms with van der Waals surface area (Å²) in [4.78, 5) is 4.21. The van der Waals surface area contributed by atoms with Gasteiger partial charge in [-0.15, -0.1) is 0 Å². The Morgan fingerprint density at radius 3 is 2.70 bits per heavy atom. The molecule has 5 nitrogen and oxygen atoms in total. The number of halogens is 4. The van der Waals surface area contributed by atoms with Crippen LogP contribution in [0.25, 0.3) is 5.70 Å². The Bertz CT molecular complexity index is 1010. The van der Waals surface area contributed by atoms with Gasteiger partial charge in [-0.25, -0.2) is 4.68 Å². The van der Waals surface area contributed by atoms with Gasteiger partial charge in [0.2, 0.25) is 5.95 Å². The minimum atomic E-state index is -2.96. The summed E-state index contributed by atoms with van der Waals surface area (Å²) in [6.45, 7) is -2.96.